The quantitative estimate of drug-likeness (QED) is 0.424. The van der Waals surface area contributed by atoms with E-state index in [0.717, 1.165) is 0 Å². The number of benzene rings is 1. The SMILES string of the molecule is O=S(=O)([O-])c1cccc2[nH]cnc12.[Na+]. The fourth-order valence-electron chi connectivity index (χ4n) is 1.14. The topological polar surface area (TPSA) is 85.9 Å². The van der Waals surface area contributed by atoms with Crippen molar-refractivity contribution in [2.75, 3.05) is 0 Å². The van der Waals surface area contributed by atoms with Crippen LogP contribution in [0.15, 0.2) is 29.4 Å². The van der Waals surface area contributed by atoms with E-state index in [1.165, 1.54) is 18.5 Å². The summed E-state index contributed by atoms with van der Waals surface area (Å²) in [5.41, 5.74) is 0.731. The molecule has 2 rings (SSSR count). The van der Waals surface area contributed by atoms with Crippen LogP contribution >= 0.6 is 0 Å². The second kappa shape index (κ2) is 4.00. The number of hydrogen-bond donors (Lipinski definition) is 1. The molecule has 0 aliphatic heterocycles. The summed E-state index contributed by atoms with van der Waals surface area (Å²) in [7, 11) is -4.43. The number of hydrogen-bond acceptors (Lipinski definition) is 4. The summed E-state index contributed by atoms with van der Waals surface area (Å²) in [6.45, 7) is 0. The van der Waals surface area contributed by atoms with Gasteiger partial charge in [-0.25, -0.2) is 13.4 Å². The molecule has 0 bridgehead atoms. The van der Waals surface area contributed by atoms with Gasteiger partial charge in [-0.15, -0.1) is 0 Å². The van der Waals surface area contributed by atoms with Gasteiger partial charge in [-0.05, 0) is 12.1 Å². The van der Waals surface area contributed by atoms with E-state index in [1.807, 2.05) is 0 Å². The monoisotopic (exact) mass is 220 g/mol. The van der Waals surface area contributed by atoms with Gasteiger partial charge < -0.3 is 9.54 Å². The zero-order valence-corrected chi connectivity index (χ0v) is 10.2. The summed E-state index contributed by atoms with van der Waals surface area (Å²) in [5.74, 6) is 0. The number of aromatic nitrogens is 2. The van der Waals surface area contributed by atoms with Gasteiger partial charge in [-0.3, -0.25) is 0 Å². The Bertz CT molecular complexity index is 549. The van der Waals surface area contributed by atoms with Crippen molar-refractivity contribution in [2.45, 2.75) is 4.90 Å². The Balaban J connectivity index is 0.000000980. The molecule has 68 valence electrons. The van der Waals surface area contributed by atoms with E-state index >= 15 is 0 Å². The van der Waals surface area contributed by atoms with Crippen molar-refractivity contribution in [2.24, 2.45) is 0 Å². The molecule has 0 unspecified atom stereocenters. The molecule has 0 aliphatic carbocycles. The second-order valence-corrected chi connectivity index (χ2v) is 3.86. The number of aromatic amines is 1. The van der Waals surface area contributed by atoms with E-state index in [1.54, 1.807) is 6.07 Å². The van der Waals surface area contributed by atoms with E-state index in [2.05, 4.69) is 9.97 Å². The Morgan fingerprint density at radius 1 is 1.36 bits per heavy atom. The minimum atomic E-state index is -4.43. The molecule has 1 aromatic carbocycles. The van der Waals surface area contributed by atoms with Crippen molar-refractivity contribution in [1.29, 1.82) is 0 Å². The normalized spacial score (nSPS) is 11.2. The largest absolute Gasteiger partial charge is 1.00 e. The predicted octanol–water partition coefficient (Wildman–Crippen LogP) is -2.53. The number of nitrogens with one attached hydrogen (secondary N) is 1. The first-order chi connectivity index (χ1) is 6.09. The van der Waals surface area contributed by atoms with Crippen LogP contribution in [0.5, 0.6) is 0 Å². The molecule has 7 heteroatoms. The number of rotatable bonds is 1. The fraction of sp³-hybridized carbons (Fsp3) is 0. The maximum Gasteiger partial charge on any atom is 1.00 e. The molecule has 0 radical (unpaired) electrons. The van der Waals surface area contributed by atoms with E-state index in [4.69, 9.17) is 0 Å². The van der Waals surface area contributed by atoms with Crippen molar-refractivity contribution in [3.8, 4) is 0 Å². The smallest absolute Gasteiger partial charge is 0.744 e. The van der Waals surface area contributed by atoms with Crippen LogP contribution in [0.4, 0.5) is 0 Å². The maximum absolute atomic E-state index is 10.7. The molecule has 1 N–H and O–H groups in total. The minimum absolute atomic E-state index is 0. The van der Waals surface area contributed by atoms with Gasteiger partial charge in [-0.2, -0.15) is 0 Å². The van der Waals surface area contributed by atoms with E-state index in [-0.39, 0.29) is 40.0 Å². The molecule has 14 heavy (non-hydrogen) atoms. The van der Waals surface area contributed by atoms with Crippen molar-refractivity contribution >= 4 is 21.2 Å². The summed E-state index contributed by atoms with van der Waals surface area (Å²) in [5, 5.41) is 0. The first-order valence-corrected chi connectivity index (χ1v) is 4.88. The Kier molecular flexibility index (Phi) is 3.33. The van der Waals surface area contributed by atoms with Gasteiger partial charge in [0.15, 0.2) is 0 Å². The molecule has 0 saturated heterocycles. The second-order valence-electron chi connectivity index (χ2n) is 2.51. The Hall–Kier alpha value is -0.400. The predicted molar refractivity (Wildman–Crippen MR) is 44.1 cm³/mol. The van der Waals surface area contributed by atoms with Crippen molar-refractivity contribution in [3.05, 3.63) is 24.5 Å². The first-order valence-electron chi connectivity index (χ1n) is 3.47. The van der Waals surface area contributed by atoms with Crippen LogP contribution in [-0.4, -0.2) is 22.9 Å². The molecule has 0 spiro atoms. The van der Waals surface area contributed by atoms with Crippen molar-refractivity contribution < 1.29 is 42.5 Å². The van der Waals surface area contributed by atoms with Gasteiger partial charge in [0.1, 0.15) is 15.6 Å². The summed E-state index contributed by atoms with van der Waals surface area (Å²) >= 11 is 0. The van der Waals surface area contributed by atoms with Crippen LogP contribution in [0, 0.1) is 0 Å². The van der Waals surface area contributed by atoms with Gasteiger partial charge in [0.2, 0.25) is 0 Å². The van der Waals surface area contributed by atoms with Crippen LogP contribution < -0.4 is 29.6 Å². The number of para-hydroxylation sites is 1. The molecule has 0 saturated carbocycles. The van der Waals surface area contributed by atoms with Crippen LogP contribution in [0.25, 0.3) is 11.0 Å². The fourth-order valence-corrected chi connectivity index (χ4v) is 1.78. The molecule has 1 aromatic heterocycles. The molecule has 0 atom stereocenters. The maximum atomic E-state index is 10.7. The number of H-pyrrole nitrogens is 1. The molecule has 0 amide bonds. The molecular formula is C7H5N2NaO3S. The minimum Gasteiger partial charge on any atom is -0.744 e. The zero-order valence-electron chi connectivity index (χ0n) is 7.39. The van der Waals surface area contributed by atoms with Crippen molar-refractivity contribution in [1.82, 2.24) is 9.97 Å². The molecule has 1 heterocycles. The van der Waals surface area contributed by atoms with E-state index in [9.17, 15) is 13.0 Å². The van der Waals surface area contributed by atoms with Gasteiger partial charge in [0.05, 0.1) is 16.7 Å². The number of nitrogens with zero attached hydrogens (tertiary/aromatic N) is 1. The summed E-state index contributed by atoms with van der Waals surface area (Å²) in [6, 6.07) is 4.38. The number of fused-ring (bicyclic) bond motifs is 1. The molecular weight excluding hydrogens is 215 g/mol. The van der Waals surface area contributed by atoms with Gasteiger partial charge in [0, 0.05) is 0 Å². The van der Waals surface area contributed by atoms with Gasteiger partial charge >= 0.3 is 29.6 Å². The average molecular weight is 220 g/mol. The third kappa shape index (κ3) is 1.99. The third-order valence-corrected chi connectivity index (χ3v) is 2.55. The molecule has 2 aromatic rings. The zero-order chi connectivity index (χ0) is 9.47. The van der Waals surface area contributed by atoms with Gasteiger partial charge in [-0.1, -0.05) is 6.07 Å². The first kappa shape index (κ1) is 11.7. The Labute approximate surface area is 103 Å². The van der Waals surface area contributed by atoms with Crippen LogP contribution in [0.2, 0.25) is 0 Å². The van der Waals surface area contributed by atoms with E-state index in [0.29, 0.717) is 5.52 Å². The molecule has 0 aliphatic rings. The van der Waals surface area contributed by atoms with Crippen LogP contribution in [0.3, 0.4) is 0 Å². The Morgan fingerprint density at radius 2 is 2.07 bits per heavy atom. The summed E-state index contributed by atoms with van der Waals surface area (Å²) in [6.07, 6.45) is 1.35. The molecule has 0 fully saturated rings. The van der Waals surface area contributed by atoms with Crippen LogP contribution in [-0.2, 0) is 10.1 Å². The standard InChI is InChI=1S/C7H6N2O3S.Na/c10-13(11,12)6-3-1-2-5-7(6)9-4-8-5;/h1-4H,(H,8,9)(H,10,11,12);/q;+1/p-1. The summed E-state index contributed by atoms with van der Waals surface area (Å²) < 4.78 is 32.2. The summed E-state index contributed by atoms with van der Waals surface area (Å²) in [4.78, 5) is 6.18. The van der Waals surface area contributed by atoms with Crippen molar-refractivity contribution in [3.63, 3.8) is 0 Å². The Morgan fingerprint density at radius 3 is 2.71 bits per heavy atom. The third-order valence-electron chi connectivity index (χ3n) is 1.68. The van der Waals surface area contributed by atoms with E-state index < -0.39 is 10.1 Å². The number of imidazole rings is 1. The van der Waals surface area contributed by atoms with Gasteiger partial charge in [0.25, 0.3) is 0 Å². The average Bonchev–Trinajstić information content (AvgIpc) is 2.48. The molecule has 5 nitrogen and oxygen atoms in total. The van der Waals surface area contributed by atoms with Crippen LogP contribution in [0.1, 0.15) is 0 Å².